The summed E-state index contributed by atoms with van der Waals surface area (Å²) < 4.78 is 32.1. The molecular formula is C11H13NO7S. The molecule has 0 aliphatic heterocycles. The fourth-order valence-electron chi connectivity index (χ4n) is 1.39. The second-order valence-electron chi connectivity index (χ2n) is 3.92. The monoisotopic (exact) mass is 303 g/mol. The van der Waals surface area contributed by atoms with E-state index in [1.165, 1.54) is 13.2 Å². The van der Waals surface area contributed by atoms with Gasteiger partial charge in [-0.15, -0.1) is 0 Å². The van der Waals surface area contributed by atoms with Gasteiger partial charge in [0, 0.05) is 12.3 Å². The average Bonchev–Trinajstić information content (AvgIpc) is 2.36. The predicted molar refractivity (Wildman–Crippen MR) is 70.2 cm³/mol. The summed E-state index contributed by atoms with van der Waals surface area (Å²) in [7, 11) is -1.90. The van der Waals surface area contributed by atoms with Crippen molar-refractivity contribution in [2.75, 3.05) is 25.7 Å². The van der Waals surface area contributed by atoms with E-state index in [0.29, 0.717) is 6.29 Å². The van der Waals surface area contributed by atoms with Crippen LogP contribution in [-0.2, 0) is 9.84 Å². The van der Waals surface area contributed by atoms with Gasteiger partial charge in [0.15, 0.2) is 27.6 Å². The van der Waals surface area contributed by atoms with Gasteiger partial charge in [-0.2, -0.15) is 0 Å². The number of benzene rings is 1. The van der Waals surface area contributed by atoms with Gasteiger partial charge in [0.05, 0.1) is 29.4 Å². The Morgan fingerprint density at radius 1 is 1.35 bits per heavy atom. The molecule has 0 saturated carbocycles. The highest BCUT2D eigenvalue weighted by Crippen LogP contribution is 2.33. The Bertz CT molecular complexity index is 624. The maximum atomic E-state index is 11.0. The lowest BCUT2D eigenvalue weighted by Crippen LogP contribution is -2.12. The van der Waals surface area contributed by atoms with Gasteiger partial charge in [-0.3, -0.25) is 14.9 Å². The first-order chi connectivity index (χ1) is 9.28. The molecule has 0 N–H and O–H groups in total. The number of nitro benzene ring substituents is 1. The molecule has 110 valence electrons. The first-order valence-electron chi connectivity index (χ1n) is 5.40. The van der Waals surface area contributed by atoms with Crippen molar-refractivity contribution in [2.24, 2.45) is 0 Å². The number of carbonyl (C=O) groups is 1. The highest BCUT2D eigenvalue weighted by Gasteiger charge is 2.19. The second-order valence-corrected chi connectivity index (χ2v) is 6.17. The summed E-state index contributed by atoms with van der Waals surface area (Å²) in [5.74, 6) is -0.112. The SMILES string of the molecule is COc1cc(C=O)c([N+](=O)[O-])cc1OCCS(C)(=O)=O. The van der Waals surface area contributed by atoms with Crippen molar-refractivity contribution in [1.82, 2.24) is 0 Å². The van der Waals surface area contributed by atoms with E-state index in [0.717, 1.165) is 12.3 Å². The molecule has 0 heterocycles. The number of hydrogen-bond acceptors (Lipinski definition) is 7. The summed E-state index contributed by atoms with van der Waals surface area (Å²) in [6.45, 7) is -0.174. The van der Waals surface area contributed by atoms with E-state index in [1.54, 1.807) is 0 Å². The first kappa shape index (κ1) is 15.9. The smallest absolute Gasteiger partial charge is 0.283 e. The lowest BCUT2D eigenvalue weighted by atomic mass is 10.1. The minimum atomic E-state index is -3.21. The lowest BCUT2D eigenvalue weighted by molar-refractivity contribution is -0.385. The van der Waals surface area contributed by atoms with Crippen molar-refractivity contribution in [3.63, 3.8) is 0 Å². The van der Waals surface area contributed by atoms with E-state index < -0.39 is 20.4 Å². The Kier molecular flexibility index (Phi) is 5.03. The molecule has 0 fully saturated rings. The van der Waals surface area contributed by atoms with Crippen LogP contribution in [0.15, 0.2) is 12.1 Å². The molecule has 0 aromatic heterocycles. The van der Waals surface area contributed by atoms with Crippen LogP contribution in [0.2, 0.25) is 0 Å². The topological polar surface area (TPSA) is 113 Å². The van der Waals surface area contributed by atoms with E-state index in [2.05, 4.69) is 0 Å². The Hall–Kier alpha value is -2.16. The number of rotatable bonds is 7. The maximum Gasteiger partial charge on any atom is 0.283 e. The third kappa shape index (κ3) is 4.19. The maximum absolute atomic E-state index is 11.0. The van der Waals surface area contributed by atoms with Gasteiger partial charge in [-0.05, 0) is 0 Å². The third-order valence-corrected chi connectivity index (χ3v) is 3.26. The minimum absolute atomic E-state index is 0.00782. The zero-order valence-electron chi connectivity index (χ0n) is 10.9. The standard InChI is InChI=1S/C11H13NO7S/c1-18-10-5-8(7-13)9(12(14)15)6-11(10)19-3-4-20(2,16)17/h5-7H,3-4H2,1-2H3. The van der Waals surface area contributed by atoms with Crippen LogP contribution >= 0.6 is 0 Å². The molecule has 1 rings (SSSR count). The van der Waals surface area contributed by atoms with Gasteiger partial charge in [0.2, 0.25) is 0 Å². The molecule has 0 aliphatic rings. The summed E-state index contributed by atoms with van der Waals surface area (Å²) in [5, 5.41) is 10.8. The third-order valence-electron chi connectivity index (χ3n) is 2.35. The Morgan fingerprint density at radius 2 is 2.00 bits per heavy atom. The van der Waals surface area contributed by atoms with Gasteiger partial charge in [0.25, 0.3) is 5.69 Å². The van der Waals surface area contributed by atoms with Crippen LogP contribution in [0.5, 0.6) is 11.5 Å². The van der Waals surface area contributed by atoms with E-state index in [1.807, 2.05) is 0 Å². The summed E-state index contributed by atoms with van der Waals surface area (Å²) >= 11 is 0. The van der Waals surface area contributed by atoms with Crippen LogP contribution in [0.25, 0.3) is 0 Å². The molecule has 0 bridgehead atoms. The number of aldehydes is 1. The van der Waals surface area contributed by atoms with Crippen LogP contribution in [0.1, 0.15) is 10.4 Å². The van der Waals surface area contributed by atoms with E-state index in [4.69, 9.17) is 9.47 Å². The average molecular weight is 303 g/mol. The fraction of sp³-hybridized carbons (Fsp3) is 0.364. The van der Waals surface area contributed by atoms with Crippen molar-refractivity contribution in [1.29, 1.82) is 0 Å². The van der Waals surface area contributed by atoms with Gasteiger partial charge in [-0.25, -0.2) is 8.42 Å². The van der Waals surface area contributed by atoms with Gasteiger partial charge >= 0.3 is 0 Å². The molecular weight excluding hydrogens is 290 g/mol. The summed E-state index contributed by atoms with van der Waals surface area (Å²) in [6.07, 6.45) is 1.38. The van der Waals surface area contributed by atoms with Crippen molar-refractivity contribution >= 4 is 21.8 Å². The van der Waals surface area contributed by atoms with E-state index >= 15 is 0 Å². The molecule has 0 saturated heterocycles. The lowest BCUT2D eigenvalue weighted by Gasteiger charge is -2.10. The number of sulfone groups is 1. The van der Waals surface area contributed by atoms with Crippen LogP contribution in [0.4, 0.5) is 5.69 Å². The molecule has 0 unspecified atom stereocenters. The van der Waals surface area contributed by atoms with Gasteiger partial charge in [-0.1, -0.05) is 0 Å². The molecule has 9 heteroatoms. The van der Waals surface area contributed by atoms with Crippen molar-refractivity contribution in [2.45, 2.75) is 0 Å². The number of ether oxygens (including phenoxy) is 2. The summed E-state index contributed by atoms with van der Waals surface area (Å²) in [6, 6.07) is 2.20. The number of nitrogens with zero attached hydrogens (tertiary/aromatic N) is 1. The Labute approximate surface area is 115 Å². The normalized spacial score (nSPS) is 10.9. The zero-order valence-corrected chi connectivity index (χ0v) is 11.7. The molecule has 0 spiro atoms. The van der Waals surface area contributed by atoms with Crippen LogP contribution in [0.3, 0.4) is 0 Å². The minimum Gasteiger partial charge on any atom is -0.493 e. The summed E-state index contributed by atoms with van der Waals surface area (Å²) in [5.41, 5.74) is -0.586. The highest BCUT2D eigenvalue weighted by atomic mass is 32.2. The van der Waals surface area contributed by atoms with Crippen molar-refractivity contribution in [3.8, 4) is 11.5 Å². The summed E-state index contributed by atoms with van der Waals surface area (Å²) in [4.78, 5) is 20.9. The molecule has 20 heavy (non-hydrogen) atoms. The van der Waals surface area contributed by atoms with Gasteiger partial charge in [0.1, 0.15) is 6.61 Å². The largest absolute Gasteiger partial charge is 0.493 e. The molecule has 1 aromatic carbocycles. The van der Waals surface area contributed by atoms with Crippen LogP contribution in [-0.4, -0.2) is 45.4 Å². The molecule has 8 nitrogen and oxygen atoms in total. The molecule has 0 atom stereocenters. The quantitative estimate of drug-likeness (QED) is 0.416. The Balaban J connectivity index is 3.08. The predicted octanol–water partition coefficient (Wildman–Crippen LogP) is 0.839. The van der Waals surface area contributed by atoms with Crippen LogP contribution < -0.4 is 9.47 Å². The van der Waals surface area contributed by atoms with Crippen molar-refractivity contribution in [3.05, 3.63) is 27.8 Å². The highest BCUT2D eigenvalue weighted by molar-refractivity contribution is 7.90. The van der Waals surface area contributed by atoms with Crippen molar-refractivity contribution < 1.29 is 27.6 Å². The fourth-order valence-corrected chi connectivity index (χ4v) is 1.78. The number of nitro groups is 1. The molecule has 0 amide bonds. The molecule has 0 aliphatic carbocycles. The number of hydrogen-bond donors (Lipinski definition) is 0. The Morgan fingerprint density at radius 3 is 2.45 bits per heavy atom. The van der Waals surface area contributed by atoms with E-state index in [9.17, 15) is 23.3 Å². The van der Waals surface area contributed by atoms with Crippen LogP contribution in [0, 0.1) is 10.1 Å². The number of methoxy groups -OCH3 is 1. The molecule has 0 radical (unpaired) electrons. The second kappa shape index (κ2) is 6.33. The first-order valence-corrected chi connectivity index (χ1v) is 7.46. The molecule has 1 aromatic rings. The zero-order chi connectivity index (χ0) is 15.3. The van der Waals surface area contributed by atoms with Gasteiger partial charge < -0.3 is 9.47 Å². The number of carbonyl (C=O) groups excluding carboxylic acids is 1. The van der Waals surface area contributed by atoms with E-state index in [-0.39, 0.29) is 29.4 Å².